The van der Waals surface area contributed by atoms with Gasteiger partial charge in [0.25, 0.3) is 11.8 Å². The number of hydrogen-bond acceptors (Lipinski definition) is 6. The van der Waals surface area contributed by atoms with Crippen molar-refractivity contribution in [3.05, 3.63) is 11.9 Å². The number of ether oxygens (including phenoxy) is 2. The van der Waals surface area contributed by atoms with Crippen LogP contribution in [0, 0.1) is 0 Å². The van der Waals surface area contributed by atoms with E-state index in [1.165, 1.54) is 0 Å². The van der Waals surface area contributed by atoms with Gasteiger partial charge in [0, 0.05) is 32.8 Å². The second-order valence-electron chi connectivity index (χ2n) is 6.39. The molecule has 0 bridgehead atoms. The van der Waals surface area contributed by atoms with Gasteiger partial charge in [-0.05, 0) is 12.8 Å². The lowest BCUT2D eigenvalue weighted by molar-refractivity contribution is -0.147. The van der Waals surface area contributed by atoms with Crippen LogP contribution in [-0.4, -0.2) is 88.7 Å². The van der Waals surface area contributed by atoms with E-state index in [0.717, 1.165) is 12.8 Å². The average Bonchev–Trinajstić information content (AvgIpc) is 3.25. The zero-order valence-electron chi connectivity index (χ0n) is 13.5. The molecule has 2 amide bonds. The molecular formula is C15H21N5O4. The fourth-order valence-electron chi connectivity index (χ4n) is 3.26. The van der Waals surface area contributed by atoms with Gasteiger partial charge in [0.2, 0.25) is 0 Å². The maximum absolute atomic E-state index is 12.4. The highest BCUT2D eigenvalue weighted by Gasteiger charge is 2.37. The molecule has 4 heterocycles. The van der Waals surface area contributed by atoms with Crippen molar-refractivity contribution in [2.24, 2.45) is 0 Å². The number of aromatic nitrogens is 3. The van der Waals surface area contributed by atoms with Crippen LogP contribution >= 0.6 is 0 Å². The van der Waals surface area contributed by atoms with Gasteiger partial charge >= 0.3 is 0 Å². The van der Waals surface area contributed by atoms with Crippen LogP contribution < -0.4 is 0 Å². The molecule has 1 aromatic heterocycles. The summed E-state index contributed by atoms with van der Waals surface area (Å²) in [6.07, 6.45) is 3.15. The summed E-state index contributed by atoms with van der Waals surface area (Å²) >= 11 is 0. The van der Waals surface area contributed by atoms with Crippen molar-refractivity contribution in [1.29, 1.82) is 0 Å². The molecule has 0 unspecified atom stereocenters. The van der Waals surface area contributed by atoms with E-state index in [1.54, 1.807) is 20.7 Å². The Labute approximate surface area is 139 Å². The normalized spacial score (nSPS) is 24.9. The first kappa shape index (κ1) is 15.5. The summed E-state index contributed by atoms with van der Waals surface area (Å²) in [6, 6.07) is 0.0779. The van der Waals surface area contributed by atoms with E-state index in [1.807, 2.05) is 0 Å². The molecule has 0 aliphatic carbocycles. The molecule has 3 fully saturated rings. The number of rotatable bonds is 3. The Morgan fingerprint density at radius 3 is 2.62 bits per heavy atom. The predicted molar refractivity (Wildman–Crippen MR) is 81.3 cm³/mol. The summed E-state index contributed by atoms with van der Waals surface area (Å²) in [4.78, 5) is 28.1. The molecule has 9 nitrogen and oxygen atoms in total. The maximum atomic E-state index is 12.4. The molecule has 9 heteroatoms. The van der Waals surface area contributed by atoms with Crippen LogP contribution in [0.4, 0.5) is 0 Å². The van der Waals surface area contributed by atoms with E-state index in [2.05, 4.69) is 10.3 Å². The summed E-state index contributed by atoms with van der Waals surface area (Å²) < 4.78 is 12.4. The minimum absolute atomic E-state index is 0.0634. The Morgan fingerprint density at radius 1 is 1.12 bits per heavy atom. The van der Waals surface area contributed by atoms with Crippen LogP contribution in [0.25, 0.3) is 0 Å². The van der Waals surface area contributed by atoms with Crippen molar-refractivity contribution in [2.75, 3.05) is 46.0 Å². The fourth-order valence-corrected chi connectivity index (χ4v) is 3.26. The minimum Gasteiger partial charge on any atom is -0.378 e. The molecule has 1 aromatic rings. The fraction of sp³-hybridized carbons (Fsp3) is 0.733. The Bertz CT molecular complexity index is 615. The van der Waals surface area contributed by atoms with E-state index >= 15 is 0 Å². The highest BCUT2D eigenvalue weighted by molar-refractivity contribution is 5.92. The monoisotopic (exact) mass is 335 g/mol. The van der Waals surface area contributed by atoms with Gasteiger partial charge in [-0.1, -0.05) is 5.21 Å². The second kappa shape index (κ2) is 6.48. The Morgan fingerprint density at radius 2 is 1.92 bits per heavy atom. The first-order valence-electron chi connectivity index (χ1n) is 8.41. The molecule has 4 rings (SSSR count). The molecule has 3 saturated heterocycles. The first-order valence-corrected chi connectivity index (χ1v) is 8.41. The van der Waals surface area contributed by atoms with Crippen molar-refractivity contribution < 1.29 is 19.1 Å². The highest BCUT2D eigenvalue weighted by atomic mass is 16.5. The number of carbonyl (C=O) groups is 2. The molecule has 1 atom stereocenters. The molecule has 3 aliphatic heterocycles. The van der Waals surface area contributed by atoms with E-state index in [9.17, 15) is 9.59 Å². The van der Waals surface area contributed by atoms with E-state index < -0.39 is 0 Å². The van der Waals surface area contributed by atoms with Crippen LogP contribution in [0.5, 0.6) is 0 Å². The largest absolute Gasteiger partial charge is 0.378 e. The van der Waals surface area contributed by atoms with Crippen LogP contribution in [0.15, 0.2) is 6.20 Å². The zero-order valence-corrected chi connectivity index (χ0v) is 13.5. The van der Waals surface area contributed by atoms with Crippen molar-refractivity contribution >= 4 is 11.8 Å². The number of nitrogens with zero attached hydrogens (tertiary/aromatic N) is 5. The highest BCUT2D eigenvalue weighted by Crippen LogP contribution is 2.24. The topological polar surface area (TPSA) is 89.8 Å². The number of likely N-dealkylation sites (tertiary alicyclic amines) is 1. The van der Waals surface area contributed by atoms with Gasteiger partial charge in [-0.2, -0.15) is 0 Å². The van der Waals surface area contributed by atoms with Crippen LogP contribution in [0.1, 0.15) is 29.4 Å². The smallest absolute Gasteiger partial charge is 0.276 e. The molecular weight excluding hydrogens is 314 g/mol. The molecule has 130 valence electrons. The molecule has 0 N–H and O–H groups in total. The van der Waals surface area contributed by atoms with Crippen molar-refractivity contribution in [3.8, 4) is 0 Å². The average molecular weight is 335 g/mol. The summed E-state index contributed by atoms with van der Waals surface area (Å²) in [7, 11) is 0. The van der Waals surface area contributed by atoms with Gasteiger partial charge in [-0.25, -0.2) is 4.68 Å². The van der Waals surface area contributed by atoms with E-state index in [0.29, 0.717) is 51.7 Å². The van der Waals surface area contributed by atoms with Crippen LogP contribution in [0.2, 0.25) is 0 Å². The van der Waals surface area contributed by atoms with Crippen molar-refractivity contribution in [1.82, 2.24) is 24.8 Å². The van der Waals surface area contributed by atoms with Crippen LogP contribution in [-0.2, 0) is 14.3 Å². The molecule has 3 aliphatic rings. The third kappa shape index (κ3) is 2.89. The van der Waals surface area contributed by atoms with Gasteiger partial charge in [0.15, 0.2) is 5.69 Å². The van der Waals surface area contributed by atoms with E-state index in [4.69, 9.17) is 9.47 Å². The van der Waals surface area contributed by atoms with Crippen molar-refractivity contribution in [2.45, 2.75) is 25.0 Å². The Hall–Kier alpha value is -2.00. The van der Waals surface area contributed by atoms with Gasteiger partial charge < -0.3 is 19.3 Å². The summed E-state index contributed by atoms with van der Waals surface area (Å²) in [5, 5.41) is 8.06. The van der Waals surface area contributed by atoms with Gasteiger partial charge in [0.05, 0.1) is 25.5 Å². The third-order valence-corrected chi connectivity index (χ3v) is 4.78. The van der Waals surface area contributed by atoms with Gasteiger partial charge in [0.1, 0.15) is 6.10 Å². The first-order chi connectivity index (χ1) is 11.7. The third-order valence-electron chi connectivity index (χ3n) is 4.78. The molecule has 0 saturated carbocycles. The standard InChI is InChI=1S/C15H21N5O4/c21-14(18-3-6-23-7-4-18)12-10-20(17-16-12)11-8-19(9-11)15(22)13-2-1-5-24-13/h10-11,13H,1-9H2/t13-/m0/s1. The summed E-state index contributed by atoms with van der Waals surface area (Å²) in [6.45, 7) is 4.13. The summed E-state index contributed by atoms with van der Waals surface area (Å²) in [5.74, 6) is -0.0513. The SMILES string of the molecule is O=C(c1cn(C2CN(C(=O)[C@@H]3CCCO3)C2)nn1)N1CCOCC1. The zero-order chi connectivity index (χ0) is 16.5. The number of hydrogen-bond donors (Lipinski definition) is 0. The molecule has 0 spiro atoms. The Balaban J connectivity index is 1.33. The minimum atomic E-state index is -0.278. The molecule has 24 heavy (non-hydrogen) atoms. The van der Waals surface area contributed by atoms with E-state index in [-0.39, 0.29) is 24.0 Å². The lowest BCUT2D eigenvalue weighted by atomic mass is 10.1. The number of carbonyl (C=O) groups excluding carboxylic acids is 2. The van der Waals surface area contributed by atoms with Gasteiger partial charge in [-0.3, -0.25) is 9.59 Å². The predicted octanol–water partition coefficient (Wildman–Crippen LogP) is -0.687. The van der Waals surface area contributed by atoms with Crippen molar-refractivity contribution in [3.63, 3.8) is 0 Å². The lowest BCUT2D eigenvalue weighted by Crippen LogP contribution is -2.54. The number of morpholine rings is 1. The quantitative estimate of drug-likeness (QED) is 0.726. The molecule has 0 aromatic carbocycles. The van der Waals surface area contributed by atoms with Gasteiger partial charge in [-0.15, -0.1) is 5.10 Å². The Kier molecular flexibility index (Phi) is 4.19. The van der Waals surface area contributed by atoms with Crippen LogP contribution in [0.3, 0.4) is 0 Å². The molecule has 0 radical (unpaired) electrons. The number of amides is 2. The maximum Gasteiger partial charge on any atom is 0.276 e. The lowest BCUT2D eigenvalue weighted by Gasteiger charge is -2.39. The summed E-state index contributed by atoms with van der Waals surface area (Å²) in [5.41, 5.74) is 0.348. The second-order valence-corrected chi connectivity index (χ2v) is 6.39.